The number of carbonyl (C=O) groups is 2. The predicted molar refractivity (Wildman–Crippen MR) is 89.0 cm³/mol. The highest BCUT2D eigenvalue weighted by Gasteiger charge is 2.30. The Bertz CT molecular complexity index is 396. The number of ether oxygens (including phenoxy) is 1. The van der Waals surface area contributed by atoms with E-state index in [1.54, 1.807) is 25.7 Å². The minimum atomic E-state index is -0.588. The normalized spacial score (nSPS) is 18.0. The third-order valence-corrected chi connectivity index (χ3v) is 3.88. The molecular weight excluding hydrogens is 296 g/mol. The zero-order valence-electron chi connectivity index (χ0n) is 15.1. The maximum absolute atomic E-state index is 12.7. The molecule has 0 spiro atoms. The molecule has 0 aromatic heterocycles. The number of alkyl carbamates (subject to hydrolysis) is 1. The number of rotatable bonds is 5. The number of likely N-dealkylation sites (tertiary alicyclic amines) is 1. The van der Waals surface area contributed by atoms with E-state index in [1.807, 2.05) is 13.8 Å². The third kappa shape index (κ3) is 7.20. The number of aliphatic hydroxyl groups is 1. The Morgan fingerprint density at radius 1 is 1.26 bits per heavy atom. The molecule has 1 atom stereocenters. The first-order valence-electron chi connectivity index (χ1n) is 8.51. The largest absolute Gasteiger partial charge is 0.444 e. The van der Waals surface area contributed by atoms with Gasteiger partial charge in [-0.25, -0.2) is 4.79 Å². The lowest BCUT2D eigenvalue weighted by Gasteiger charge is -2.34. The second-order valence-electron chi connectivity index (χ2n) is 7.78. The fourth-order valence-electron chi connectivity index (χ4n) is 2.70. The topological polar surface area (TPSA) is 78.9 Å². The maximum Gasteiger partial charge on any atom is 0.408 e. The van der Waals surface area contributed by atoms with Gasteiger partial charge >= 0.3 is 6.09 Å². The molecule has 0 aromatic rings. The number of nitrogens with one attached hydrogen (secondary N) is 1. The lowest BCUT2D eigenvalue weighted by atomic mass is 9.96. The average Bonchev–Trinajstić information content (AvgIpc) is 2.43. The Labute approximate surface area is 139 Å². The molecule has 1 heterocycles. The minimum Gasteiger partial charge on any atom is -0.444 e. The van der Waals surface area contributed by atoms with Gasteiger partial charge in [-0.05, 0) is 51.9 Å². The van der Waals surface area contributed by atoms with Gasteiger partial charge < -0.3 is 20.1 Å². The Hall–Kier alpha value is -1.30. The van der Waals surface area contributed by atoms with E-state index in [0.717, 1.165) is 12.8 Å². The van der Waals surface area contributed by atoms with E-state index in [9.17, 15) is 14.7 Å². The van der Waals surface area contributed by atoms with Gasteiger partial charge in [-0.2, -0.15) is 0 Å². The van der Waals surface area contributed by atoms with E-state index in [2.05, 4.69) is 5.32 Å². The molecule has 2 N–H and O–H groups in total. The third-order valence-electron chi connectivity index (χ3n) is 3.88. The Kier molecular flexibility index (Phi) is 7.32. The molecule has 23 heavy (non-hydrogen) atoms. The van der Waals surface area contributed by atoms with E-state index in [-0.39, 0.29) is 24.3 Å². The number of hydrogen-bond acceptors (Lipinski definition) is 4. The molecule has 134 valence electrons. The fraction of sp³-hybridized carbons (Fsp3) is 0.882. The SMILES string of the molecule is CC(C)CC(NC(=O)OC(C)(C)C)C(=O)N1CCC(CO)CC1. The average molecular weight is 328 g/mol. The molecular formula is C17H32N2O4. The van der Waals surface area contributed by atoms with Crippen LogP contribution in [0, 0.1) is 11.8 Å². The van der Waals surface area contributed by atoms with Gasteiger partial charge in [-0.15, -0.1) is 0 Å². The van der Waals surface area contributed by atoms with Crippen LogP contribution in [0.2, 0.25) is 0 Å². The van der Waals surface area contributed by atoms with Crippen molar-refractivity contribution in [2.45, 2.75) is 65.5 Å². The first-order valence-corrected chi connectivity index (χ1v) is 8.51. The number of hydrogen-bond donors (Lipinski definition) is 2. The van der Waals surface area contributed by atoms with E-state index < -0.39 is 17.7 Å². The summed E-state index contributed by atoms with van der Waals surface area (Å²) < 4.78 is 5.27. The zero-order chi connectivity index (χ0) is 17.6. The minimum absolute atomic E-state index is 0.0547. The summed E-state index contributed by atoms with van der Waals surface area (Å²) >= 11 is 0. The molecule has 0 radical (unpaired) electrons. The molecule has 0 saturated carbocycles. The van der Waals surface area contributed by atoms with Crippen LogP contribution < -0.4 is 5.32 Å². The van der Waals surface area contributed by atoms with Gasteiger partial charge in [0.05, 0.1) is 0 Å². The van der Waals surface area contributed by atoms with Crippen LogP contribution in [0.25, 0.3) is 0 Å². The van der Waals surface area contributed by atoms with Crippen molar-refractivity contribution in [3.63, 3.8) is 0 Å². The van der Waals surface area contributed by atoms with E-state index in [0.29, 0.717) is 19.5 Å². The number of amides is 2. The smallest absolute Gasteiger partial charge is 0.408 e. The number of carbonyl (C=O) groups excluding carboxylic acids is 2. The molecule has 1 unspecified atom stereocenters. The molecule has 6 nitrogen and oxygen atoms in total. The summed E-state index contributed by atoms with van der Waals surface area (Å²) in [5, 5.41) is 11.9. The Morgan fingerprint density at radius 2 is 1.83 bits per heavy atom. The van der Waals surface area contributed by atoms with E-state index >= 15 is 0 Å². The standard InChI is InChI=1S/C17H32N2O4/c1-12(2)10-14(18-16(22)23-17(3,4)5)15(21)19-8-6-13(11-20)7-9-19/h12-14,20H,6-11H2,1-5H3,(H,18,22). The first kappa shape index (κ1) is 19.7. The molecule has 1 saturated heterocycles. The molecule has 1 rings (SSSR count). The number of nitrogens with zero attached hydrogens (tertiary/aromatic N) is 1. The van der Waals surface area contributed by atoms with Gasteiger partial charge in [0.25, 0.3) is 0 Å². The summed E-state index contributed by atoms with van der Waals surface area (Å²) in [6, 6.07) is -0.560. The van der Waals surface area contributed by atoms with Gasteiger partial charge in [-0.3, -0.25) is 4.79 Å². The molecule has 0 bridgehead atoms. The van der Waals surface area contributed by atoms with E-state index in [4.69, 9.17) is 4.74 Å². The van der Waals surface area contributed by atoms with Crippen LogP contribution in [0.5, 0.6) is 0 Å². The van der Waals surface area contributed by atoms with Gasteiger partial charge in [0, 0.05) is 19.7 Å². The van der Waals surface area contributed by atoms with Crippen molar-refractivity contribution < 1.29 is 19.4 Å². The van der Waals surface area contributed by atoms with Gasteiger partial charge in [-0.1, -0.05) is 13.8 Å². The summed E-state index contributed by atoms with van der Waals surface area (Å²) in [7, 11) is 0. The fourth-order valence-corrected chi connectivity index (χ4v) is 2.70. The molecule has 0 aromatic carbocycles. The summed E-state index contributed by atoms with van der Waals surface area (Å²) in [6.07, 6.45) is 1.64. The van der Waals surface area contributed by atoms with Crippen molar-refractivity contribution >= 4 is 12.0 Å². The van der Waals surface area contributed by atoms with E-state index in [1.165, 1.54) is 0 Å². The van der Waals surface area contributed by atoms with Crippen molar-refractivity contribution in [1.29, 1.82) is 0 Å². The Balaban J connectivity index is 2.66. The van der Waals surface area contributed by atoms with Gasteiger partial charge in [0.15, 0.2) is 0 Å². The van der Waals surface area contributed by atoms with Crippen LogP contribution in [-0.4, -0.2) is 53.3 Å². The quantitative estimate of drug-likeness (QED) is 0.810. The Morgan fingerprint density at radius 3 is 2.26 bits per heavy atom. The van der Waals surface area contributed by atoms with Crippen LogP contribution in [0.4, 0.5) is 4.79 Å². The number of piperidine rings is 1. The maximum atomic E-state index is 12.7. The molecule has 1 aliphatic rings. The highest BCUT2D eigenvalue weighted by Crippen LogP contribution is 2.19. The van der Waals surface area contributed by atoms with Gasteiger partial charge in [0.1, 0.15) is 11.6 Å². The van der Waals surface area contributed by atoms with Crippen molar-refractivity contribution in [3.05, 3.63) is 0 Å². The van der Waals surface area contributed by atoms with Crippen LogP contribution in [-0.2, 0) is 9.53 Å². The molecule has 1 fully saturated rings. The zero-order valence-corrected chi connectivity index (χ0v) is 15.1. The second-order valence-corrected chi connectivity index (χ2v) is 7.78. The lowest BCUT2D eigenvalue weighted by molar-refractivity contribution is -0.135. The second kappa shape index (κ2) is 8.52. The van der Waals surface area contributed by atoms with Gasteiger partial charge in [0.2, 0.25) is 5.91 Å². The molecule has 2 amide bonds. The highest BCUT2D eigenvalue weighted by molar-refractivity contribution is 5.85. The summed E-state index contributed by atoms with van der Waals surface area (Å²) in [6.45, 7) is 10.9. The predicted octanol–water partition coefficient (Wildman–Crippen LogP) is 2.16. The summed E-state index contributed by atoms with van der Waals surface area (Å²) in [4.78, 5) is 26.5. The van der Waals surface area contributed by atoms with Crippen molar-refractivity contribution in [2.24, 2.45) is 11.8 Å². The van der Waals surface area contributed by atoms with Crippen LogP contribution in [0.15, 0.2) is 0 Å². The van der Waals surface area contributed by atoms with Crippen molar-refractivity contribution in [2.75, 3.05) is 19.7 Å². The lowest BCUT2D eigenvalue weighted by Crippen LogP contribution is -2.52. The van der Waals surface area contributed by atoms with Crippen molar-refractivity contribution in [1.82, 2.24) is 10.2 Å². The monoisotopic (exact) mass is 328 g/mol. The summed E-state index contributed by atoms with van der Waals surface area (Å²) in [5.41, 5.74) is -0.588. The number of aliphatic hydroxyl groups excluding tert-OH is 1. The molecule has 6 heteroatoms. The van der Waals surface area contributed by atoms with Crippen LogP contribution in [0.3, 0.4) is 0 Å². The van der Waals surface area contributed by atoms with Crippen LogP contribution in [0.1, 0.15) is 53.9 Å². The van der Waals surface area contributed by atoms with Crippen molar-refractivity contribution in [3.8, 4) is 0 Å². The summed E-state index contributed by atoms with van der Waals surface area (Å²) in [5.74, 6) is 0.510. The van der Waals surface area contributed by atoms with Crippen LogP contribution >= 0.6 is 0 Å². The molecule has 0 aliphatic carbocycles. The first-order chi connectivity index (χ1) is 10.6. The molecule has 1 aliphatic heterocycles. The highest BCUT2D eigenvalue weighted by atomic mass is 16.6.